The van der Waals surface area contributed by atoms with E-state index < -0.39 is 0 Å². The SMILES string of the molecule is Cc1cccc(-c2nccc(Nc3ccnc(Nc4ccc(N5CC6CCC(C5)N6)cc4)n3)n2)n1. The fourth-order valence-corrected chi connectivity index (χ4v) is 4.73. The van der Waals surface area contributed by atoms with Crippen molar-refractivity contribution in [3.63, 3.8) is 0 Å². The first-order chi connectivity index (χ1) is 17.2. The molecule has 2 aliphatic heterocycles. The van der Waals surface area contributed by atoms with Crippen LogP contribution in [0.15, 0.2) is 67.0 Å². The summed E-state index contributed by atoms with van der Waals surface area (Å²) in [4.78, 5) is 24.9. The van der Waals surface area contributed by atoms with Crippen LogP contribution in [0.2, 0.25) is 0 Å². The van der Waals surface area contributed by atoms with Gasteiger partial charge in [-0.2, -0.15) is 4.98 Å². The lowest BCUT2D eigenvalue weighted by molar-refractivity contribution is 0.466. The van der Waals surface area contributed by atoms with Crippen LogP contribution in [0.1, 0.15) is 18.5 Å². The molecule has 0 saturated carbocycles. The predicted octanol–water partition coefficient (Wildman–Crippen LogP) is 4.06. The van der Waals surface area contributed by atoms with Crippen molar-refractivity contribution in [3.05, 3.63) is 72.7 Å². The van der Waals surface area contributed by atoms with Crippen LogP contribution in [0.5, 0.6) is 0 Å². The molecule has 2 bridgehead atoms. The summed E-state index contributed by atoms with van der Waals surface area (Å²) < 4.78 is 0. The average Bonchev–Trinajstić information content (AvgIpc) is 3.22. The van der Waals surface area contributed by atoms with Crippen molar-refractivity contribution in [1.29, 1.82) is 0 Å². The molecule has 0 radical (unpaired) electrons. The average molecular weight is 466 g/mol. The minimum Gasteiger partial charge on any atom is -0.368 e. The van der Waals surface area contributed by atoms with Crippen molar-refractivity contribution in [2.24, 2.45) is 0 Å². The highest BCUT2D eigenvalue weighted by molar-refractivity contribution is 5.62. The number of hydrogen-bond donors (Lipinski definition) is 3. The normalized spacial score (nSPS) is 18.9. The smallest absolute Gasteiger partial charge is 0.229 e. The van der Waals surface area contributed by atoms with Gasteiger partial charge in [0.2, 0.25) is 5.95 Å². The molecule has 3 aromatic heterocycles. The first kappa shape index (κ1) is 21.4. The summed E-state index contributed by atoms with van der Waals surface area (Å²) in [6, 6.07) is 19.1. The number of piperazine rings is 1. The van der Waals surface area contributed by atoms with Gasteiger partial charge in [-0.3, -0.25) is 0 Å². The molecule has 176 valence electrons. The fourth-order valence-electron chi connectivity index (χ4n) is 4.73. The number of hydrogen-bond acceptors (Lipinski definition) is 9. The lowest BCUT2D eigenvalue weighted by Crippen LogP contribution is -2.51. The van der Waals surface area contributed by atoms with Gasteiger partial charge in [-0.15, -0.1) is 0 Å². The number of aromatic nitrogens is 5. The summed E-state index contributed by atoms with van der Waals surface area (Å²) in [5.41, 5.74) is 3.85. The Morgan fingerprint density at radius 2 is 1.54 bits per heavy atom. The molecule has 2 atom stereocenters. The number of fused-ring (bicyclic) bond motifs is 2. The second kappa shape index (κ2) is 9.27. The number of nitrogens with zero attached hydrogens (tertiary/aromatic N) is 6. The van der Waals surface area contributed by atoms with Crippen LogP contribution in [0.3, 0.4) is 0 Å². The van der Waals surface area contributed by atoms with Gasteiger partial charge in [0.1, 0.15) is 17.3 Å². The third-order valence-corrected chi connectivity index (χ3v) is 6.39. The van der Waals surface area contributed by atoms with Crippen LogP contribution in [0.25, 0.3) is 11.5 Å². The van der Waals surface area contributed by atoms with Gasteiger partial charge in [0.05, 0.1) is 0 Å². The molecular weight excluding hydrogens is 438 g/mol. The number of benzene rings is 1. The van der Waals surface area contributed by atoms with Gasteiger partial charge < -0.3 is 20.9 Å². The Kier molecular flexibility index (Phi) is 5.67. The first-order valence-electron chi connectivity index (χ1n) is 11.9. The Bertz CT molecular complexity index is 1310. The topological polar surface area (TPSA) is 104 Å². The quantitative estimate of drug-likeness (QED) is 0.389. The van der Waals surface area contributed by atoms with Gasteiger partial charge in [-0.25, -0.2) is 19.9 Å². The number of anilines is 5. The standard InChI is InChI=1S/C26H27N9/c1-17-3-2-4-22(29-17)25-27-13-11-23(33-25)32-24-12-14-28-26(34-24)31-18-7-9-21(10-8-18)35-15-19-5-6-20(16-35)30-19/h2-4,7-14,19-20,30H,5-6,15-16H2,1H3,(H2,27,28,31,32,33,34). The maximum absolute atomic E-state index is 4.59. The van der Waals surface area contributed by atoms with Crippen LogP contribution >= 0.6 is 0 Å². The molecule has 6 rings (SSSR count). The van der Waals surface area contributed by atoms with Gasteiger partial charge >= 0.3 is 0 Å². The van der Waals surface area contributed by atoms with Crippen LogP contribution in [0, 0.1) is 6.92 Å². The van der Waals surface area contributed by atoms with Crippen LogP contribution in [-0.4, -0.2) is 50.1 Å². The summed E-state index contributed by atoms with van der Waals surface area (Å²) in [6.07, 6.45) is 5.98. The van der Waals surface area contributed by atoms with Gasteiger partial charge in [0.25, 0.3) is 0 Å². The number of rotatable bonds is 6. The predicted molar refractivity (Wildman–Crippen MR) is 137 cm³/mol. The zero-order valence-electron chi connectivity index (χ0n) is 19.5. The van der Waals surface area contributed by atoms with Crippen molar-refractivity contribution in [3.8, 4) is 11.5 Å². The van der Waals surface area contributed by atoms with Crippen LogP contribution < -0.4 is 20.9 Å². The molecule has 0 aliphatic carbocycles. The van der Waals surface area contributed by atoms with Crippen LogP contribution in [0.4, 0.5) is 29.0 Å². The molecular formula is C26H27N9. The van der Waals surface area contributed by atoms with Crippen molar-refractivity contribution < 1.29 is 0 Å². The summed E-state index contributed by atoms with van der Waals surface area (Å²) in [5, 5.41) is 10.2. The van der Waals surface area contributed by atoms with E-state index in [1.807, 2.05) is 25.1 Å². The largest absolute Gasteiger partial charge is 0.368 e. The minimum absolute atomic E-state index is 0.512. The Labute approximate surface area is 204 Å². The van der Waals surface area contributed by atoms with E-state index >= 15 is 0 Å². The van der Waals surface area contributed by atoms with Crippen LogP contribution in [-0.2, 0) is 0 Å². The second-order valence-corrected chi connectivity index (χ2v) is 9.03. The van der Waals surface area contributed by atoms with E-state index in [-0.39, 0.29) is 0 Å². The van der Waals surface area contributed by atoms with Gasteiger partial charge in [-0.05, 0) is 68.3 Å². The van der Waals surface area contributed by atoms with Crippen molar-refractivity contribution in [2.45, 2.75) is 31.8 Å². The van der Waals surface area contributed by atoms with E-state index in [1.54, 1.807) is 24.5 Å². The third kappa shape index (κ3) is 4.90. The van der Waals surface area contributed by atoms with E-state index in [9.17, 15) is 0 Å². The van der Waals surface area contributed by atoms with Gasteiger partial charge in [-0.1, -0.05) is 6.07 Å². The molecule has 0 amide bonds. The second-order valence-electron chi connectivity index (χ2n) is 9.03. The Balaban J connectivity index is 1.13. The Morgan fingerprint density at radius 3 is 2.31 bits per heavy atom. The summed E-state index contributed by atoms with van der Waals surface area (Å²) in [7, 11) is 0. The molecule has 0 spiro atoms. The van der Waals surface area contributed by atoms with Crippen molar-refractivity contribution in [1.82, 2.24) is 30.2 Å². The maximum Gasteiger partial charge on any atom is 0.229 e. The zero-order chi connectivity index (χ0) is 23.6. The summed E-state index contributed by atoms with van der Waals surface area (Å²) >= 11 is 0. The highest BCUT2D eigenvalue weighted by Gasteiger charge is 2.32. The molecule has 5 heterocycles. The van der Waals surface area contributed by atoms with E-state index in [2.05, 4.69) is 70.0 Å². The van der Waals surface area contributed by atoms with E-state index in [0.29, 0.717) is 35.5 Å². The Morgan fingerprint density at radius 1 is 0.800 bits per heavy atom. The van der Waals surface area contributed by atoms with Crippen molar-refractivity contribution in [2.75, 3.05) is 28.6 Å². The number of pyridine rings is 1. The summed E-state index contributed by atoms with van der Waals surface area (Å²) in [5.74, 6) is 2.34. The molecule has 3 N–H and O–H groups in total. The molecule has 2 fully saturated rings. The van der Waals surface area contributed by atoms with E-state index in [1.165, 1.54) is 18.5 Å². The Hall–Kier alpha value is -4.11. The highest BCUT2D eigenvalue weighted by atomic mass is 15.2. The lowest BCUT2D eigenvalue weighted by Gasteiger charge is -2.34. The van der Waals surface area contributed by atoms with Crippen molar-refractivity contribution >= 4 is 29.0 Å². The molecule has 9 heteroatoms. The molecule has 1 aromatic carbocycles. The first-order valence-corrected chi connectivity index (χ1v) is 11.9. The highest BCUT2D eigenvalue weighted by Crippen LogP contribution is 2.27. The number of aryl methyl sites for hydroxylation is 1. The molecule has 4 aromatic rings. The van der Waals surface area contributed by atoms with E-state index in [0.717, 1.165) is 30.2 Å². The zero-order valence-corrected chi connectivity index (χ0v) is 19.5. The summed E-state index contributed by atoms with van der Waals surface area (Å²) in [6.45, 7) is 4.10. The van der Waals surface area contributed by atoms with Gasteiger partial charge in [0.15, 0.2) is 5.82 Å². The molecule has 2 unspecified atom stereocenters. The minimum atomic E-state index is 0.512. The lowest BCUT2D eigenvalue weighted by atomic mass is 10.2. The number of nitrogens with one attached hydrogen (secondary N) is 3. The van der Waals surface area contributed by atoms with Gasteiger partial charge in [0, 0.05) is 54.6 Å². The van der Waals surface area contributed by atoms with E-state index in [4.69, 9.17) is 0 Å². The third-order valence-electron chi connectivity index (χ3n) is 6.39. The monoisotopic (exact) mass is 465 g/mol. The molecule has 9 nitrogen and oxygen atoms in total. The maximum atomic E-state index is 4.59. The molecule has 2 aliphatic rings. The molecule has 2 saturated heterocycles. The molecule has 35 heavy (non-hydrogen) atoms. The fraction of sp³-hybridized carbons (Fsp3) is 0.269.